The van der Waals surface area contributed by atoms with Crippen molar-refractivity contribution in [3.05, 3.63) is 34.9 Å². The van der Waals surface area contributed by atoms with E-state index in [0.29, 0.717) is 0 Å². The SMILES string of the molecule is CCCNc1nc(-c2ccc(N(C)C)cc2)ncc1Br. The van der Waals surface area contributed by atoms with Gasteiger partial charge in [-0.05, 0) is 46.6 Å². The molecule has 0 aliphatic heterocycles. The highest BCUT2D eigenvalue weighted by molar-refractivity contribution is 9.10. The first kappa shape index (κ1) is 14.8. The summed E-state index contributed by atoms with van der Waals surface area (Å²) < 4.78 is 0.889. The lowest BCUT2D eigenvalue weighted by Crippen LogP contribution is -2.08. The van der Waals surface area contributed by atoms with E-state index < -0.39 is 0 Å². The Morgan fingerprint density at radius 2 is 1.90 bits per heavy atom. The Kier molecular flexibility index (Phi) is 4.95. The van der Waals surface area contributed by atoms with Gasteiger partial charge < -0.3 is 10.2 Å². The van der Waals surface area contributed by atoms with Crippen LogP contribution in [0.2, 0.25) is 0 Å². The summed E-state index contributed by atoms with van der Waals surface area (Å²) in [6.45, 7) is 3.03. The average Bonchev–Trinajstić information content (AvgIpc) is 2.46. The van der Waals surface area contributed by atoms with Crippen LogP contribution in [-0.2, 0) is 0 Å². The van der Waals surface area contributed by atoms with Gasteiger partial charge in [0.05, 0.1) is 4.47 Å². The van der Waals surface area contributed by atoms with E-state index in [4.69, 9.17) is 0 Å². The third kappa shape index (κ3) is 3.48. The van der Waals surface area contributed by atoms with Crippen LogP contribution in [0.5, 0.6) is 0 Å². The van der Waals surface area contributed by atoms with Gasteiger partial charge in [0.1, 0.15) is 5.82 Å². The van der Waals surface area contributed by atoms with Crippen molar-refractivity contribution < 1.29 is 0 Å². The number of hydrogen-bond donors (Lipinski definition) is 1. The van der Waals surface area contributed by atoms with E-state index in [1.165, 1.54) is 0 Å². The summed E-state index contributed by atoms with van der Waals surface area (Å²) in [6.07, 6.45) is 2.85. The van der Waals surface area contributed by atoms with Crippen molar-refractivity contribution in [2.75, 3.05) is 30.9 Å². The molecule has 1 N–H and O–H groups in total. The Hall–Kier alpha value is -1.62. The number of anilines is 2. The van der Waals surface area contributed by atoms with Gasteiger partial charge in [-0.25, -0.2) is 9.97 Å². The minimum absolute atomic E-state index is 0.733. The maximum Gasteiger partial charge on any atom is 0.161 e. The minimum atomic E-state index is 0.733. The monoisotopic (exact) mass is 334 g/mol. The van der Waals surface area contributed by atoms with E-state index in [1.807, 2.05) is 26.2 Å². The second-order valence-electron chi connectivity index (χ2n) is 4.76. The molecule has 0 atom stereocenters. The summed E-state index contributed by atoms with van der Waals surface area (Å²) in [5.41, 5.74) is 2.18. The van der Waals surface area contributed by atoms with Gasteiger partial charge in [0.15, 0.2) is 5.82 Å². The summed E-state index contributed by atoms with van der Waals surface area (Å²) in [6, 6.07) is 8.23. The largest absolute Gasteiger partial charge is 0.378 e. The van der Waals surface area contributed by atoms with E-state index in [-0.39, 0.29) is 0 Å². The van der Waals surface area contributed by atoms with Gasteiger partial charge in [0.25, 0.3) is 0 Å². The van der Waals surface area contributed by atoms with E-state index in [9.17, 15) is 0 Å². The highest BCUT2D eigenvalue weighted by atomic mass is 79.9. The maximum atomic E-state index is 4.57. The minimum Gasteiger partial charge on any atom is -0.378 e. The molecule has 1 heterocycles. The first-order valence-electron chi connectivity index (χ1n) is 6.66. The van der Waals surface area contributed by atoms with Crippen molar-refractivity contribution in [2.45, 2.75) is 13.3 Å². The van der Waals surface area contributed by atoms with Crippen molar-refractivity contribution >= 4 is 27.4 Å². The number of halogens is 1. The number of hydrogen-bond acceptors (Lipinski definition) is 4. The lowest BCUT2D eigenvalue weighted by Gasteiger charge is -2.13. The third-order valence-electron chi connectivity index (χ3n) is 2.93. The van der Waals surface area contributed by atoms with Crippen molar-refractivity contribution in [3.8, 4) is 11.4 Å². The van der Waals surface area contributed by atoms with Crippen molar-refractivity contribution in [1.29, 1.82) is 0 Å². The maximum absolute atomic E-state index is 4.57. The van der Waals surface area contributed by atoms with Gasteiger partial charge >= 0.3 is 0 Å². The van der Waals surface area contributed by atoms with Gasteiger partial charge in [0, 0.05) is 38.1 Å². The number of nitrogens with zero attached hydrogens (tertiary/aromatic N) is 3. The zero-order chi connectivity index (χ0) is 14.5. The molecular formula is C15H19BrN4. The van der Waals surface area contributed by atoms with Crippen molar-refractivity contribution in [1.82, 2.24) is 9.97 Å². The molecule has 0 radical (unpaired) electrons. The van der Waals surface area contributed by atoms with E-state index in [1.54, 1.807) is 6.20 Å². The van der Waals surface area contributed by atoms with Crippen LogP contribution in [0.25, 0.3) is 11.4 Å². The molecular weight excluding hydrogens is 316 g/mol. The topological polar surface area (TPSA) is 41.1 Å². The Morgan fingerprint density at radius 3 is 2.50 bits per heavy atom. The van der Waals surface area contributed by atoms with Gasteiger partial charge in [0.2, 0.25) is 0 Å². The molecule has 2 rings (SSSR count). The third-order valence-corrected chi connectivity index (χ3v) is 3.51. The standard InChI is InChI=1S/C15H19BrN4/c1-4-9-17-15-13(16)10-18-14(19-15)11-5-7-12(8-6-11)20(2)3/h5-8,10H,4,9H2,1-3H3,(H,17,18,19). The lowest BCUT2D eigenvalue weighted by molar-refractivity contribution is 0.963. The fourth-order valence-corrected chi connectivity index (χ4v) is 2.11. The normalized spacial score (nSPS) is 10.4. The fourth-order valence-electron chi connectivity index (χ4n) is 1.78. The van der Waals surface area contributed by atoms with Crippen LogP contribution in [0.4, 0.5) is 11.5 Å². The predicted molar refractivity (Wildman–Crippen MR) is 88.3 cm³/mol. The first-order valence-corrected chi connectivity index (χ1v) is 7.45. The van der Waals surface area contributed by atoms with Crippen LogP contribution >= 0.6 is 15.9 Å². The molecule has 0 fully saturated rings. The van der Waals surface area contributed by atoms with E-state index >= 15 is 0 Å². The number of aromatic nitrogens is 2. The zero-order valence-corrected chi connectivity index (χ0v) is 13.6. The van der Waals surface area contributed by atoms with Gasteiger partial charge in [-0.1, -0.05) is 6.92 Å². The molecule has 0 amide bonds. The molecule has 0 unspecified atom stereocenters. The molecule has 1 aromatic carbocycles. The zero-order valence-electron chi connectivity index (χ0n) is 12.0. The van der Waals surface area contributed by atoms with Crippen LogP contribution in [0.3, 0.4) is 0 Å². The molecule has 20 heavy (non-hydrogen) atoms. The highest BCUT2D eigenvalue weighted by Crippen LogP contribution is 2.24. The highest BCUT2D eigenvalue weighted by Gasteiger charge is 2.07. The van der Waals surface area contributed by atoms with Crippen LogP contribution in [-0.4, -0.2) is 30.6 Å². The van der Waals surface area contributed by atoms with Crippen LogP contribution < -0.4 is 10.2 Å². The van der Waals surface area contributed by atoms with Gasteiger partial charge in [-0.15, -0.1) is 0 Å². The quantitative estimate of drug-likeness (QED) is 0.902. The smallest absolute Gasteiger partial charge is 0.161 e. The second-order valence-corrected chi connectivity index (χ2v) is 5.61. The fraction of sp³-hybridized carbons (Fsp3) is 0.333. The molecule has 0 aliphatic carbocycles. The van der Waals surface area contributed by atoms with E-state index in [2.05, 4.69) is 55.2 Å². The number of benzene rings is 1. The summed E-state index contributed by atoms with van der Waals surface area (Å²) in [7, 11) is 4.05. The molecule has 106 valence electrons. The molecule has 0 saturated carbocycles. The molecule has 2 aromatic rings. The first-order chi connectivity index (χ1) is 9.61. The average molecular weight is 335 g/mol. The lowest BCUT2D eigenvalue weighted by atomic mass is 10.2. The second kappa shape index (κ2) is 6.70. The number of nitrogens with one attached hydrogen (secondary N) is 1. The van der Waals surface area contributed by atoms with Crippen LogP contribution in [0.1, 0.15) is 13.3 Å². The molecule has 1 aromatic heterocycles. The van der Waals surface area contributed by atoms with Gasteiger partial charge in [-0.3, -0.25) is 0 Å². The van der Waals surface area contributed by atoms with Crippen molar-refractivity contribution in [2.24, 2.45) is 0 Å². The summed E-state index contributed by atoms with van der Waals surface area (Å²) in [5, 5.41) is 3.30. The predicted octanol–water partition coefficient (Wildman–Crippen LogP) is 3.79. The Morgan fingerprint density at radius 1 is 1.20 bits per heavy atom. The molecule has 0 bridgehead atoms. The molecule has 4 nitrogen and oxygen atoms in total. The Labute approximate surface area is 128 Å². The number of rotatable bonds is 5. The summed E-state index contributed by atoms with van der Waals surface area (Å²) >= 11 is 3.47. The van der Waals surface area contributed by atoms with Gasteiger partial charge in [-0.2, -0.15) is 0 Å². The summed E-state index contributed by atoms with van der Waals surface area (Å²) in [4.78, 5) is 11.0. The Balaban J connectivity index is 2.27. The van der Waals surface area contributed by atoms with Crippen molar-refractivity contribution in [3.63, 3.8) is 0 Å². The van der Waals surface area contributed by atoms with E-state index in [0.717, 1.165) is 40.3 Å². The summed E-state index contributed by atoms with van der Waals surface area (Å²) in [5.74, 6) is 1.57. The molecule has 0 aliphatic rings. The molecule has 0 spiro atoms. The Bertz CT molecular complexity index is 567. The molecule has 0 saturated heterocycles. The molecule has 5 heteroatoms. The van der Waals surface area contributed by atoms with Crippen LogP contribution in [0.15, 0.2) is 34.9 Å². The van der Waals surface area contributed by atoms with Crippen LogP contribution in [0, 0.1) is 0 Å².